The summed E-state index contributed by atoms with van der Waals surface area (Å²) in [5.74, 6) is -1.04. The zero-order valence-corrected chi connectivity index (χ0v) is 17.9. The summed E-state index contributed by atoms with van der Waals surface area (Å²) in [4.78, 5) is 27.3. The molecule has 0 aliphatic carbocycles. The summed E-state index contributed by atoms with van der Waals surface area (Å²) in [6.45, 7) is 2.43. The second kappa shape index (κ2) is 9.22. The number of halogens is 1. The largest absolute Gasteiger partial charge is 0.507 e. The molecule has 0 bridgehead atoms. The van der Waals surface area contributed by atoms with Crippen molar-refractivity contribution in [2.45, 2.75) is 25.8 Å². The monoisotopic (exact) mass is 429 g/mol. The molecular weight excluding hydrogens is 406 g/mol. The highest BCUT2D eigenvalue weighted by molar-refractivity contribution is 6.46. The second-order valence-corrected chi connectivity index (χ2v) is 7.35. The summed E-state index contributed by atoms with van der Waals surface area (Å²) in [7, 11) is 2.91. The van der Waals surface area contributed by atoms with Crippen LogP contribution in [0.15, 0.2) is 48.0 Å². The molecule has 30 heavy (non-hydrogen) atoms. The van der Waals surface area contributed by atoms with Gasteiger partial charge in [0, 0.05) is 12.6 Å². The first-order valence-corrected chi connectivity index (χ1v) is 10.1. The first-order valence-electron chi connectivity index (χ1n) is 9.69. The van der Waals surface area contributed by atoms with Gasteiger partial charge in [-0.1, -0.05) is 55.3 Å². The summed E-state index contributed by atoms with van der Waals surface area (Å²) in [6.07, 6.45) is 1.61. The molecule has 3 rings (SSSR count). The molecule has 158 valence electrons. The number of benzene rings is 2. The Morgan fingerprint density at radius 2 is 1.77 bits per heavy atom. The maximum atomic E-state index is 13.0. The Morgan fingerprint density at radius 1 is 1.10 bits per heavy atom. The van der Waals surface area contributed by atoms with Crippen molar-refractivity contribution in [2.75, 3.05) is 20.8 Å². The maximum Gasteiger partial charge on any atom is 0.295 e. The van der Waals surface area contributed by atoms with E-state index in [2.05, 4.69) is 0 Å². The first-order chi connectivity index (χ1) is 14.4. The van der Waals surface area contributed by atoms with Crippen molar-refractivity contribution in [1.29, 1.82) is 0 Å². The van der Waals surface area contributed by atoms with Crippen LogP contribution < -0.4 is 9.47 Å². The van der Waals surface area contributed by atoms with E-state index >= 15 is 0 Å². The van der Waals surface area contributed by atoms with Gasteiger partial charge in [0.05, 0.1) is 36.4 Å². The molecule has 1 aliphatic heterocycles. The second-order valence-electron chi connectivity index (χ2n) is 6.94. The Balaban J connectivity index is 2.22. The third-order valence-electron chi connectivity index (χ3n) is 5.14. The number of unbranched alkanes of at least 4 members (excludes halogenated alkanes) is 1. The average Bonchev–Trinajstić information content (AvgIpc) is 3.02. The van der Waals surface area contributed by atoms with Crippen molar-refractivity contribution in [3.05, 3.63) is 64.2 Å². The Hall–Kier alpha value is -2.99. The van der Waals surface area contributed by atoms with E-state index in [1.54, 1.807) is 0 Å². The van der Waals surface area contributed by atoms with Gasteiger partial charge in [0.1, 0.15) is 17.3 Å². The predicted octanol–water partition coefficient (Wildman–Crippen LogP) is 4.58. The van der Waals surface area contributed by atoms with Gasteiger partial charge < -0.3 is 19.5 Å². The van der Waals surface area contributed by atoms with Crippen LogP contribution >= 0.6 is 11.6 Å². The summed E-state index contributed by atoms with van der Waals surface area (Å²) in [6, 6.07) is 11.5. The highest BCUT2D eigenvalue weighted by atomic mass is 35.5. The van der Waals surface area contributed by atoms with Crippen LogP contribution in [0.4, 0.5) is 0 Å². The van der Waals surface area contributed by atoms with Crippen LogP contribution in [0.5, 0.6) is 11.5 Å². The van der Waals surface area contributed by atoms with Gasteiger partial charge in [-0.05, 0) is 18.1 Å². The van der Waals surface area contributed by atoms with E-state index in [0.29, 0.717) is 12.3 Å². The number of Topliss-reactive ketones (excluding diaryl/α,β-unsaturated/α-hetero) is 1. The fourth-order valence-electron chi connectivity index (χ4n) is 3.61. The van der Waals surface area contributed by atoms with Crippen LogP contribution in [0, 0.1) is 0 Å². The van der Waals surface area contributed by atoms with Crippen molar-refractivity contribution >= 4 is 29.1 Å². The van der Waals surface area contributed by atoms with Gasteiger partial charge in [-0.3, -0.25) is 9.59 Å². The van der Waals surface area contributed by atoms with Crippen molar-refractivity contribution in [1.82, 2.24) is 4.90 Å². The minimum atomic E-state index is -0.730. The van der Waals surface area contributed by atoms with Crippen molar-refractivity contribution < 1.29 is 24.2 Å². The number of aliphatic hydroxyl groups excluding tert-OH is 1. The molecule has 1 fully saturated rings. The van der Waals surface area contributed by atoms with E-state index in [1.165, 1.54) is 31.3 Å². The minimum Gasteiger partial charge on any atom is -0.507 e. The smallest absolute Gasteiger partial charge is 0.295 e. The Labute approximate surface area is 180 Å². The lowest BCUT2D eigenvalue weighted by atomic mass is 9.95. The number of ketones is 1. The number of methoxy groups -OCH3 is 2. The number of ether oxygens (including phenoxy) is 2. The first kappa shape index (κ1) is 21.7. The lowest BCUT2D eigenvalue weighted by molar-refractivity contribution is -0.139. The van der Waals surface area contributed by atoms with Gasteiger partial charge in [-0.2, -0.15) is 0 Å². The zero-order valence-electron chi connectivity index (χ0n) is 17.1. The van der Waals surface area contributed by atoms with E-state index in [-0.39, 0.29) is 27.7 Å². The molecule has 1 aliphatic rings. The van der Waals surface area contributed by atoms with Crippen LogP contribution in [0.2, 0.25) is 5.02 Å². The number of aliphatic hydroxyl groups is 1. The van der Waals surface area contributed by atoms with Crippen molar-refractivity contribution in [3.63, 3.8) is 0 Å². The lowest BCUT2D eigenvalue weighted by Crippen LogP contribution is -2.30. The topological polar surface area (TPSA) is 76.1 Å². The van der Waals surface area contributed by atoms with Crippen LogP contribution in [0.25, 0.3) is 5.76 Å². The van der Waals surface area contributed by atoms with E-state index < -0.39 is 17.7 Å². The molecule has 0 aromatic heterocycles. The molecule has 7 heteroatoms. The van der Waals surface area contributed by atoms with E-state index in [9.17, 15) is 14.7 Å². The van der Waals surface area contributed by atoms with Gasteiger partial charge in [0.25, 0.3) is 11.7 Å². The molecular formula is C23H24ClNO5. The number of hydrogen-bond donors (Lipinski definition) is 1. The Kier molecular flexibility index (Phi) is 6.67. The summed E-state index contributed by atoms with van der Waals surface area (Å²) >= 11 is 6.25. The van der Waals surface area contributed by atoms with E-state index in [0.717, 1.165) is 18.4 Å². The van der Waals surface area contributed by atoms with E-state index in [4.69, 9.17) is 21.1 Å². The van der Waals surface area contributed by atoms with Crippen LogP contribution in [-0.2, 0) is 9.59 Å². The number of rotatable bonds is 7. The standard InChI is InChI=1S/C23H24ClNO5/c1-4-5-11-25-20(14-9-7-6-8-10-14)19(22(27)23(25)28)21(26)15-12-16(24)18(30-3)13-17(15)29-2/h6-10,12-13,20,26H,4-5,11H2,1-3H3/b21-19+. The van der Waals surface area contributed by atoms with Crippen LogP contribution in [0.3, 0.4) is 0 Å². The van der Waals surface area contributed by atoms with Crippen molar-refractivity contribution in [2.24, 2.45) is 0 Å². The van der Waals surface area contributed by atoms with Gasteiger partial charge in [0.2, 0.25) is 0 Å². The predicted molar refractivity (Wildman–Crippen MR) is 115 cm³/mol. The van der Waals surface area contributed by atoms with Gasteiger partial charge in [-0.25, -0.2) is 0 Å². The molecule has 2 aromatic carbocycles. The molecule has 1 unspecified atom stereocenters. The molecule has 1 atom stereocenters. The number of carbonyl (C=O) groups is 2. The zero-order chi connectivity index (χ0) is 21.8. The van der Waals surface area contributed by atoms with Crippen LogP contribution in [0.1, 0.15) is 36.9 Å². The third kappa shape index (κ3) is 3.87. The SMILES string of the molecule is CCCCN1C(=O)C(=O)/C(=C(/O)c2cc(Cl)c(OC)cc2OC)C1c1ccccc1. The van der Waals surface area contributed by atoms with Gasteiger partial charge >= 0.3 is 0 Å². The molecule has 1 saturated heterocycles. The minimum absolute atomic E-state index is 0.0156. The maximum absolute atomic E-state index is 13.0. The molecule has 2 aromatic rings. The molecule has 1 heterocycles. The number of likely N-dealkylation sites (tertiary alicyclic amines) is 1. The van der Waals surface area contributed by atoms with Crippen molar-refractivity contribution in [3.8, 4) is 11.5 Å². The lowest BCUT2D eigenvalue weighted by Gasteiger charge is -2.25. The average molecular weight is 430 g/mol. The van der Waals surface area contributed by atoms with E-state index in [1.807, 2.05) is 37.3 Å². The molecule has 1 amide bonds. The highest BCUT2D eigenvalue weighted by Gasteiger charge is 2.46. The number of amides is 1. The Morgan fingerprint density at radius 3 is 2.37 bits per heavy atom. The number of carbonyl (C=O) groups excluding carboxylic acids is 2. The molecule has 0 saturated carbocycles. The van der Waals surface area contributed by atoms with Gasteiger partial charge in [0.15, 0.2) is 0 Å². The fraction of sp³-hybridized carbons (Fsp3) is 0.304. The fourth-order valence-corrected chi connectivity index (χ4v) is 3.85. The Bertz CT molecular complexity index is 987. The normalized spacial score (nSPS) is 18.0. The quantitative estimate of drug-likeness (QED) is 0.396. The third-order valence-corrected chi connectivity index (χ3v) is 5.43. The molecule has 6 nitrogen and oxygen atoms in total. The van der Waals surface area contributed by atoms with Gasteiger partial charge in [-0.15, -0.1) is 0 Å². The molecule has 1 N–H and O–H groups in total. The number of hydrogen-bond acceptors (Lipinski definition) is 5. The summed E-state index contributed by atoms with van der Waals surface area (Å²) in [5.41, 5.74) is 0.979. The molecule has 0 radical (unpaired) electrons. The number of nitrogens with zero attached hydrogens (tertiary/aromatic N) is 1. The highest BCUT2D eigenvalue weighted by Crippen LogP contribution is 2.43. The summed E-state index contributed by atoms with van der Waals surface area (Å²) < 4.78 is 10.6. The van der Waals surface area contributed by atoms with Crippen LogP contribution in [-0.4, -0.2) is 42.5 Å². The molecule has 0 spiro atoms. The summed E-state index contributed by atoms with van der Waals surface area (Å²) in [5, 5.41) is 11.4.